The third-order valence-corrected chi connectivity index (χ3v) is 5.79. The number of methoxy groups -OCH3 is 2. The predicted molar refractivity (Wildman–Crippen MR) is 112 cm³/mol. The fraction of sp³-hybridized carbons (Fsp3) is 0.381. The topological polar surface area (TPSA) is 92.0 Å². The van der Waals surface area contributed by atoms with Crippen molar-refractivity contribution in [1.82, 2.24) is 4.57 Å². The summed E-state index contributed by atoms with van der Waals surface area (Å²) >= 11 is 5.54. The fourth-order valence-electron chi connectivity index (χ4n) is 4.11. The lowest BCUT2D eigenvalue weighted by molar-refractivity contribution is -0.238. The molecule has 29 heavy (non-hydrogen) atoms. The van der Waals surface area contributed by atoms with Crippen molar-refractivity contribution in [2.75, 3.05) is 20.0 Å². The number of fused-ring (bicyclic) bond motifs is 2. The van der Waals surface area contributed by atoms with E-state index >= 15 is 0 Å². The van der Waals surface area contributed by atoms with E-state index in [1.165, 1.54) is 14.2 Å². The van der Waals surface area contributed by atoms with Crippen LogP contribution in [0.4, 0.5) is 5.69 Å². The molecule has 0 unspecified atom stereocenters. The smallest absolute Gasteiger partial charge is 0.270 e. The second-order valence-electron chi connectivity index (χ2n) is 7.49. The van der Waals surface area contributed by atoms with Crippen LogP contribution in [0.1, 0.15) is 24.1 Å². The molecule has 154 valence electrons. The summed E-state index contributed by atoms with van der Waals surface area (Å²) in [6.07, 6.45) is -1.89. The molecule has 0 aliphatic carbocycles. The fourth-order valence-corrected chi connectivity index (χ4v) is 4.41. The second kappa shape index (κ2) is 7.14. The minimum absolute atomic E-state index is 0.249. The van der Waals surface area contributed by atoms with Crippen LogP contribution in [-0.4, -0.2) is 41.9 Å². The van der Waals surface area contributed by atoms with E-state index in [9.17, 15) is 5.11 Å². The van der Waals surface area contributed by atoms with Crippen LogP contribution in [-0.2, 0) is 9.47 Å². The molecule has 0 saturated carbocycles. The number of aromatic nitrogens is 1. The van der Waals surface area contributed by atoms with Gasteiger partial charge in [0.1, 0.15) is 11.9 Å². The largest absolute Gasteiger partial charge is 0.479 e. The van der Waals surface area contributed by atoms with E-state index in [4.69, 9.17) is 36.6 Å². The molecule has 8 heteroatoms. The minimum atomic E-state index is -1.21. The molecule has 0 saturated heterocycles. The first-order valence-corrected chi connectivity index (χ1v) is 9.64. The molecule has 0 spiro atoms. The number of oxazole rings is 1. The number of ether oxygens (including phenoxy) is 3. The van der Waals surface area contributed by atoms with Crippen molar-refractivity contribution in [2.24, 2.45) is 0 Å². The van der Waals surface area contributed by atoms with Gasteiger partial charge < -0.3 is 29.5 Å². The molecule has 1 aromatic heterocycles. The number of rotatable bonds is 4. The molecule has 2 aromatic carbocycles. The Labute approximate surface area is 173 Å². The number of benzene rings is 2. The normalized spacial score (nSPS) is 23.9. The van der Waals surface area contributed by atoms with Crippen molar-refractivity contribution >= 4 is 29.0 Å². The zero-order chi connectivity index (χ0) is 20.9. The van der Waals surface area contributed by atoms with Gasteiger partial charge in [-0.25, -0.2) is 0 Å². The van der Waals surface area contributed by atoms with Crippen molar-refractivity contribution in [2.45, 2.75) is 37.9 Å². The zero-order valence-electron chi connectivity index (χ0n) is 16.7. The lowest BCUT2D eigenvalue weighted by Gasteiger charge is -2.46. The SMILES string of the molecule is COC(OC)[C@]1(C)Oc2ccc(N)cc2[C@@H](n2c(=S)oc3ccc(C)cc32)[C@H]1O. The summed E-state index contributed by atoms with van der Waals surface area (Å²) in [6, 6.07) is 10.5. The molecule has 0 amide bonds. The maximum atomic E-state index is 11.5. The Morgan fingerprint density at radius 2 is 1.93 bits per heavy atom. The van der Waals surface area contributed by atoms with Crippen LogP contribution in [0.3, 0.4) is 0 Å². The van der Waals surface area contributed by atoms with Crippen molar-refractivity contribution in [3.63, 3.8) is 0 Å². The van der Waals surface area contributed by atoms with E-state index in [-0.39, 0.29) is 4.84 Å². The van der Waals surface area contributed by atoms with E-state index < -0.39 is 24.0 Å². The number of aryl methyl sites for hydroxylation is 1. The third kappa shape index (κ3) is 3.03. The van der Waals surface area contributed by atoms with E-state index in [0.717, 1.165) is 11.1 Å². The number of nitrogens with zero attached hydrogens (tertiary/aromatic N) is 1. The molecule has 1 aliphatic heterocycles. The van der Waals surface area contributed by atoms with Gasteiger partial charge in [0.2, 0.25) is 0 Å². The highest BCUT2D eigenvalue weighted by Crippen LogP contribution is 2.46. The number of hydrogen-bond acceptors (Lipinski definition) is 7. The number of aliphatic hydroxyl groups is 1. The molecule has 3 N–H and O–H groups in total. The Balaban J connectivity index is 2.01. The van der Waals surface area contributed by atoms with E-state index in [2.05, 4.69) is 0 Å². The standard InChI is InChI=1S/C21H24N2O5S/c1-11-5-7-16-14(9-11)23(20(29)27-16)17-13-10-12(22)6-8-15(13)28-21(2,18(17)24)19(25-3)26-4/h5-10,17-19,24H,22H2,1-4H3/t17-,18-,21-/m1/s1. The van der Waals surface area contributed by atoms with Crippen molar-refractivity contribution < 1.29 is 23.7 Å². The Kier molecular flexibility index (Phi) is 4.90. The monoisotopic (exact) mass is 416 g/mol. The molecule has 2 heterocycles. The summed E-state index contributed by atoms with van der Waals surface area (Å²) in [4.78, 5) is 0.249. The molecule has 0 fully saturated rings. The van der Waals surface area contributed by atoms with Gasteiger partial charge in [-0.05, 0) is 62.0 Å². The average Bonchev–Trinajstić information content (AvgIpc) is 2.99. The summed E-state index contributed by atoms with van der Waals surface area (Å²) in [5.41, 5.74) is 8.58. The highest BCUT2D eigenvalue weighted by molar-refractivity contribution is 7.71. The first kappa shape index (κ1) is 19.9. The molecule has 3 atom stereocenters. The number of anilines is 1. The lowest BCUT2D eigenvalue weighted by Crippen LogP contribution is -2.60. The molecule has 0 bridgehead atoms. The van der Waals surface area contributed by atoms with Crippen molar-refractivity contribution in [1.29, 1.82) is 0 Å². The summed E-state index contributed by atoms with van der Waals surface area (Å²) in [7, 11) is 3.01. The van der Waals surface area contributed by atoms with Crippen LogP contribution in [0.25, 0.3) is 11.1 Å². The molecule has 3 aromatic rings. The van der Waals surface area contributed by atoms with Gasteiger partial charge in [0, 0.05) is 25.5 Å². The summed E-state index contributed by atoms with van der Waals surface area (Å²) in [6.45, 7) is 3.74. The molecule has 7 nitrogen and oxygen atoms in total. The van der Waals surface area contributed by atoms with E-state index in [0.29, 0.717) is 22.6 Å². The van der Waals surface area contributed by atoms with Crippen LogP contribution >= 0.6 is 12.2 Å². The maximum Gasteiger partial charge on any atom is 0.270 e. The summed E-state index contributed by atoms with van der Waals surface area (Å²) in [5, 5.41) is 11.5. The number of hydrogen-bond donors (Lipinski definition) is 2. The Morgan fingerprint density at radius 3 is 2.62 bits per heavy atom. The Hall–Kier alpha value is -2.39. The molecule has 4 rings (SSSR count). The van der Waals surface area contributed by atoms with Gasteiger partial charge in [0.05, 0.1) is 11.6 Å². The number of aliphatic hydroxyl groups excluding tert-OH is 1. The van der Waals surface area contributed by atoms with Gasteiger partial charge in [0.25, 0.3) is 4.84 Å². The van der Waals surface area contributed by atoms with Gasteiger partial charge in [-0.3, -0.25) is 4.57 Å². The number of nitrogens with two attached hydrogens (primary N) is 1. The van der Waals surface area contributed by atoms with E-state index in [1.807, 2.05) is 29.7 Å². The summed E-state index contributed by atoms with van der Waals surface area (Å²) in [5.74, 6) is 0.569. The second-order valence-corrected chi connectivity index (χ2v) is 7.83. The molecule has 1 aliphatic rings. The van der Waals surface area contributed by atoms with Crippen molar-refractivity contribution in [3.05, 3.63) is 52.4 Å². The minimum Gasteiger partial charge on any atom is -0.479 e. The molecular formula is C21H24N2O5S. The van der Waals surface area contributed by atoms with Gasteiger partial charge >= 0.3 is 0 Å². The number of nitrogen functional groups attached to an aromatic ring is 1. The predicted octanol–water partition coefficient (Wildman–Crippen LogP) is 3.57. The van der Waals surface area contributed by atoms with Gasteiger partial charge in [-0.2, -0.15) is 0 Å². The van der Waals surface area contributed by atoms with E-state index in [1.54, 1.807) is 25.1 Å². The maximum absolute atomic E-state index is 11.5. The molecule has 0 radical (unpaired) electrons. The van der Waals surface area contributed by atoms with Crippen LogP contribution < -0.4 is 10.5 Å². The van der Waals surface area contributed by atoms with Crippen molar-refractivity contribution in [3.8, 4) is 5.75 Å². The van der Waals surface area contributed by atoms with Crippen LogP contribution in [0.5, 0.6) is 5.75 Å². The van der Waals surface area contributed by atoms with Gasteiger partial charge in [0.15, 0.2) is 17.5 Å². The Bertz CT molecular complexity index is 1120. The summed E-state index contributed by atoms with van der Waals surface area (Å²) < 4.78 is 24.8. The van der Waals surface area contributed by atoms with Crippen LogP contribution in [0.15, 0.2) is 40.8 Å². The zero-order valence-corrected chi connectivity index (χ0v) is 17.5. The average molecular weight is 416 g/mol. The quantitative estimate of drug-likeness (QED) is 0.382. The van der Waals surface area contributed by atoms with Gasteiger partial charge in [-0.1, -0.05) is 6.07 Å². The highest BCUT2D eigenvalue weighted by Gasteiger charge is 2.53. The highest BCUT2D eigenvalue weighted by atomic mass is 32.1. The first-order chi connectivity index (χ1) is 13.8. The van der Waals surface area contributed by atoms with Crippen LogP contribution in [0, 0.1) is 11.8 Å². The Morgan fingerprint density at radius 1 is 1.21 bits per heavy atom. The van der Waals surface area contributed by atoms with Gasteiger partial charge in [-0.15, -0.1) is 0 Å². The third-order valence-electron chi connectivity index (χ3n) is 5.51. The molecular weight excluding hydrogens is 392 g/mol. The van der Waals surface area contributed by atoms with Crippen LogP contribution in [0.2, 0.25) is 0 Å². The lowest BCUT2D eigenvalue weighted by atomic mass is 9.84. The first-order valence-electron chi connectivity index (χ1n) is 9.24.